The molecule has 1 aromatic heterocycles. The molecule has 0 aliphatic carbocycles. The van der Waals surface area contributed by atoms with Crippen LogP contribution in [0, 0.1) is 0 Å². The molecule has 0 radical (unpaired) electrons. The third-order valence-corrected chi connectivity index (χ3v) is 5.06. The van der Waals surface area contributed by atoms with E-state index in [1.165, 1.54) is 10.8 Å². The van der Waals surface area contributed by atoms with E-state index >= 15 is 0 Å². The van der Waals surface area contributed by atoms with Crippen molar-refractivity contribution >= 4 is 26.8 Å². The van der Waals surface area contributed by atoms with Crippen LogP contribution in [0.25, 0.3) is 0 Å². The fourth-order valence-corrected chi connectivity index (χ4v) is 3.46. The quantitative estimate of drug-likeness (QED) is 0.644. The standard InChI is InChI=1S/C12H20N2O5S2/c1-3-6-14-9-10(8-11(14)12(15)16)21(18,19)13-5-4-7-20(2)17/h8-9,13H,3-7H2,1-2H3,(H,15,16). The van der Waals surface area contributed by atoms with Gasteiger partial charge in [0, 0.05) is 42.1 Å². The molecule has 9 heteroatoms. The second-order valence-corrected chi connectivity index (χ2v) is 7.91. The van der Waals surface area contributed by atoms with Gasteiger partial charge in [0.1, 0.15) is 10.6 Å². The van der Waals surface area contributed by atoms with Gasteiger partial charge in [0.25, 0.3) is 0 Å². The molecule has 0 aliphatic rings. The van der Waals surface area contributed by atoms with Gasteiger partial charge in [-0.1, -0.05) is 6.92 Å². The summed E-state index contributed by atoms with van der Waals surface area (Å²) in [6.07, 6.45) is 4.04. The second-order valence-electron chi connectivity index (χ2n) is 4.59. The maximum absolute atomic E-state index is 12.1. The molecule has 1 heterocycles. The van der Waals surface area contributed by atoms with Crippen LogP contribution in [0.4, 0.5) is 0 Å². The Morgan fingerprint density at radius 2 is 2.14 bits per heavy atom. The number of hydrogen-bond donors (Lipinski definition) is 2. The van der Waals surface area contributed by atoms with Gasteiger partial charge in [-0.2, -0.15) is 0 Å². The molecule has 1 unspecified atom stereocenters. The SMILES string of the molecule is CCCn1cc(S(=O)(=O)NCCCS(C)=O)cc1C(=O)O. The Bertz CT molecular complexity index is 622. The minimum atomic E-state index is -3.74. The zero-order chi connectivity index (χ0) is 16.0. The summed E-state index contributed by atoms with van der Waals surface area (Å²) in [5.74, 6) is -0.744. The first kappa shape index (κ1) is 17.9. The van der Waals surface area contributed by atoms with Crippen LogP contribution in [-0.2, 0) is 27.4 Å². The summed E-state index contributed by atoms with van der Waals surface area (Å²) in [6.45, 7) is 2.48. The summed E-state index contributed by atoms with van der Waals surface area (Å²) in [4.78, 5) is 11.0. The Kier molecular flexibility index (Phi) is 6.56. The first-order chi connectivity index (χ1) is 9.77. The number of aryl methyl sites for hydroxylation is 1. The summed E-state index contributed by atoms with van der Waals surface area (Å²) >= 11 is 0. The van der Waals surface area contributed by atoms with E-state index in [4.69, 9.17) is 5.11 Å². The molecule has 2 N–H and O–H groups in total. The van der Waals surface area contributed by atoms with Gasteiger partial charge in [-0.3, -0.25) is 4.21 Å². The van der Waals surface area contributed by atoms with E-state index in [2.05, 4.69) is 4.72 Å². The Hall–Kier alpha value is -1.19. The van der Waals surface area contributed by atoms with E-state index in [9.17, 15) is 17.4 Å². The molecular formula is C12H20N2O5S2. The van der Waals surface area contributed by atoms with E-state index in [0.717, 1.165) is 6.07 Å². The number of nitrogens with one attached hydrogen (secondary N) is 1. The lowest BCUT2D eigenvalue weighted by Gasteiger charge is -2.04. The molecule has 0 saturated carbocycles. The molecule has 7 nitrogen and oxygen atoms in total. The van der Waals surface area contributed by atoms with Crippen LogP contribution in [0.15, 0.2) is 17.2 Å². The number of aromatic nitrogens is 1. The van der Waals surface area contributed by atoms with Crippen LogP contribution in [0.1, 0.15) is 30.3 Å². The second kappa shape index (κ2) is 7.71. The van der Waals surface area contributed by atoms with Crippen LogP contribution in [-0.4, -0.2) is 46.8 Å². The van der Waals surface area contributed by atoms with Gasteiger partial charge in [0.05, 0.1) is 0 Å². The van der Waals surface area contributed by atoms with Gasteiger partial charge in [0.15, 0.2) is 0 Å². The fourth-order valence-electron chi connectivity index (χ4n) is 1.80. The minimum absolute atomic E-state index is 0.0492. The van der Waals surface area contributed by atoms with Crippen molar-refractivity contribution in [1.82, 2.24) is 9.29 Å². The first-order valence-electron chi connectivity index (χ1n) is 6.51. The highest BCUT2D eigenvalue weighted by Gasteiger charge is 2.20. The molecule has 1 atom stereocenters. The highest BCUT2D eigenvalue weighted by atomic mass is 32.2. The summed E-state index contributed by atoms with van der Waals surface area (Å²) < 4.78 is 38.8. The Balaban J connectivity index is 2.85. The van der Waals surface area contributed by atoms with E-state index in [-0.39, 0.29) is 17.1 Å². The maximum atomic E-state index is 12.1. The van der Waals surface area contributed by atoms with Crippen molar-refractivity contribution < 1.29 is 22.5 Å². The number of aromatic carboxylic acids is 1. The van der Waals surface area contributed by atoms with Crippen molar-refractivity contribution in [2.45, 2.75) is 31.2 Å². The van der Waals surface area contributed by atoms with Crippen LogP contribution in [0.5, 0.6) is 0 Å². The molecule has 0 fully saturated rings. The lowest BCUT2D eigenvalue weighted by atomic mass is 10.4. The number of rotatable bonds is 9. The van der Waals surface area contributed by atoms with Crippen molar-refractivity contribution in [3.8, 4) is 0 Å². The molecule has 0 saturated heterocycles. The maximum Gasteiger partial charge on any atom is 0.352 e. The van der Waals surface area contributed by atoms with Crippen molar-refractivity contribution in [1.29, 1.82) is 0 Å². The van der Waals surface area contributed by atoms with E-state index in [1.54, 1.807) is 6.26 Å². The van der Waals surface area contributed by atoms with Crippen molar-refractivity contribution in [2.24, 2.45) is 0 Å². The predicted octanol–water partition coefficient (Wildman–Crippen LogP) is 0.643. The van der Waals surface area contributed by atoms with Crippen molar-refractivity contribution in [3.05, 3.63) is 18.0 Å². The lowest BCUT2D eigenvalue weighted by Crippen LogP contribution is -2.25. The third-order valence-electron chi connectivity index (χ3n) is 2.77. The van der Waals surface area contributed by atoms with Crippen LogP contribution in [0.2, 0.25) is 0 Å². The van der Waals surface area contributed by atoms with Crippen LogP contribution in [0.3, 0.4) is 0 Å². The van der Waals surface area contributed by atoms with E-state index in [0.29, 0.717) is 25.1 Å². The molecule has 120 valence electrons. The number of carboxylic acids is 1. The molecule has 1 aromatic rings. The zero-order valence-corrected chi connectivity index (χ0v) is 13.7. The van der Waals surface area contributed by atoms with E-state index < -0.39 is 26.8 Å². The Labute approximate surface area is 126 Å². The fraction of sp³-hybridized carbons (Fsp3) is 0.583. The highest BCUT2D eigenvalue weighted by Crippen LogP contribution is 2.15. The van der Waals surface area contributed by atoms with Crippen molar-refractivity contribution in [2.75, 3.05) is 18.6 Å². The van der Waals surface area contributed by atoms with Gasteiger partial charge in [-0.25, -0.2) is 17.9 Å². The molecule has 0 bridgehead atoms. The molecule has 1 rings (SSSR count). The summed E-state index contributed by atoms with van der Waals surface area (Å²) in [7, 11) is -4.71. The Morgan fingerprint density at radius 1 is 1.48 bits per heavy atom. The summed E-state index contributed by atoms with van der Waals surface area (Å²) in [6, 6.07) is 1.15. The smallest absolute Gasteiger partial charge is 0.352 e. The van der Waals surface area contributed by atoms with Gasteiger partial charge in [-0.15, -0.1) is 0 Å². The first-order valence-corrected chi connectivity index (χ1v) is 9.72. The summed E-state index contributed by atoms with van der Waals surface area (Å²) in [5.41, 5.74) is -0.0492. The molecule has 0 amide bonds. The topological polar surface area (TPSA) is 105 Å². The third kappa shape index (κ3) is 5.25. The predicted molar refractivity (Wildman–Crippen MR) is 80.4 cm³/mol. The average Bonchev–Trinajstić information content (AvgIpc) is 2.80. The van der Waals surface area contributed by atoms with Gasteiger partial charge in [0.2, 0.25) is 10.0 Å². The average molecular weight is 336 g/mol. The molecule has 21 heavy (non-hydrogen) atoms. The number of nitrogens with zero attached hydrogens (tertiary/aromatic N) is 1. The molecule has 0 aliphatic heterocycles. The van der Waals surface area contributed by atoms with Gasteiger partial charge in [-0.05, 0) is 18.9 Å². The number of carbonyl (C=O) groups is 1. The van der Waals surface area contributed by atoms with Crippen molar-refractivity contribution in [3.63, 3.8) is 0 Å². The van der Waals surface area contributed by atoms with E-state index in [1.807, 2.05) is 6.92 Å². The largest absolute Gasteiger partial charge is 0.477 e. The van der Waals surface area contributed by atoms with Crippen LogP contribution < -0.4 is 4.72 Å². The monoisotopic (exact) mass is 336 g/mol. The van der Waals surface area contributed by atoms with Gasteiger partial charge >= 0.3 is 5.97 Å². The Morgan fingerprint density at radius 3 is 2.67 bits per heavy atom. The summed E-state index contributed by atoms with van der Waals surface area (Å²) in [5, 5.41) is 9.08. The zero-order valence-electron chi connectivity index (χ0n) is 12.0. The van der Waals surface area contributed by atoms with Gasteiger partial charge < -0.3 is 9.67 Å². The number of carboxylic acid groups (broad SMARTS) is 1. The minimum Gasteiger partial charge on any atom is -0.477 e. The molecular weight excluding hydrogens is 316 g/mol. The number of hydrogen-bond acceptors (Lipinski definition) is 4. The highest BCUT2D eigenvalue weighted by molar-refractivity contribution is 7.89. The normalized spacial score (nSPS) is 13.2. The van der Waals surface area contributed by atoms with Crippen LogP contribution >= 0.6 is 0 Å². The molecule has 0 aromatic carbocycles. The number of sulfonamides is 1. The lowest BCUT2D eigenvalue weighted by molar-refractivity contribution is 0.0685. The molecule has 0 spiro atoms.